The van der Waals surface area contributed by atoms with Crippen LogP contribution in [0.4, 0.5) is 0 Å². The predicted octanol–water partition coefficient (Wildman–Crippen LogP) is 3.68. The molecule has 1 fully saturated rings. The minimum Gasteiger partial charge on any atom is -0.461 e. The first kappa shape index (κ1) is 10.2. The predicted molar refractivity (Wildman–Crippen MR) is 65.8 cm³/mol. The summed E-state index contributed by atoms with van der Waals surface area (Å²) in [6, 6.07) is 8.16. The van der Waals surface area contributed by atoms with E-state index in [4.69, 9.17) is 21.8 Å². The lowest BCUT2D eigenvalue weighted by molar-refractivity contribution is 0.490. The van der Waals surface area contributed by atoms with Crippen LogP contribution < -0.4 is 5.73 Å². The topological polar surface area (TPSA) is 39.2 Å². The summed E-state index contributed by atoms with van der Waals surface area (Å²) in [5, 5.41) is 1.84. The molecule has 3 rings (SSSR count). The van der Waals surface area contributed by atoms with Crippen molar-refractivity contribution < 1.29 is 4.42 Å². The fourth-order valence-electron chi connectivity index (χ4n) is 2.51. The molecule has 2 atom stereocenters. The lowest BCUT2D eigenvalue weighted by atomic mass is 10.0. The smallest absolute Gasteiger partial charge is 0.134 e. The number of benzene rings is 1. The van der Waals surface area contributed by atoms with Crippen LogP contribution in [0.1, 0.15) is 30.9 Å². The minimum absolute atomic E-state index is 0.335. The van der Waals surface area contributed by atoms with Crippen molar-refractivity contribution in [3.05, 3.63) is 35.0 Å². The molecule has 0 aliphatic heterocycles. The van der Waals surface area contributed by atoms with Crippen molar-refractivity contribution in [1.82, 2.24) is 0 Å². The molecular formula is C13H14ClNO. The fraction of sp³-hybridized carbons (Fsp3) is 0.385. The van der Waals surface area contributed by atoms with E-state index in [-0.39, 0.29) is 0 Å². The molecule has 2 nitrogen and oxygen atoms in total. The van der Waals surface area contributed by atoms with E-state index in [0.717, 1.165) is 41.0 Å². The summed E-state index contributed by atoms with van der Waals surface area (Å²) in [4.78, 5) is 0. The van der Waals surface area contributed by atoms with E-state index in [1.54, 1.807) is 0 Å². The zero-order chi connectivity index (χ0) is 11.1. The third-order valence-electron chi connectivity index (χ3n) is 3.37. The molecule has 2 unspecified atom stereocenters. The molecule has 1 aromatic carbocycles. The number of nitrogens with two attached hydrogens (primary N) is 1. The number of furan rings is 1. The van der Waals surface area contributed by atoms with Gasteiger partial charge in [0.1, 0.15) is 11.3 Å². The molecular weight excluding hydrogens is 222 g/mol. The zero-order valence-corrected chi connectivity index (χ0v) is 9.70. The Hall–Kier alpha value is -0.990. The van der Waals surface area contributed by atoms with Crippen molar-refractivity contribution in [2.24, 2.45) is 5.73 Å². The molecule has 1 saturated carbocycles. The van der Waals surface area contributed by atoms with Gasteiger partial charge in [0.05, 0.1) is 0 Å². The summed E-state index contributed by atoms with van der Waals surface area (Å²) in [6.07, 6.45) is 3.27. The first-order valence-electron chi connectivity index (χ1n) is 5.67. The summed E-state index contributed by atoms with van der Waals surface area (Å²) in [5.41, 5.74) is 6.83. The van der Waals surface area contributed by atoms with Crippen LogP contribution in [0, 0.1) is 0 Å². The van der Waals surface area contributed by atoms with Crippen molar-refractivity contribution >= 4 is 22.6 Å². The molecule has 1 aromatic heterocycles. The second-order valence-electron chi connectivity index (χ2n) is 4.60. The molecule has 1 aliphatic rings. The first-order chi connectivity index (χ1) is 7.72. The minimum atomic E-state index is 0.335. The first-order valence-corrected chi connectivity index (χ1v) is 6.05. The Balaban J connectivity index is 1.99. The SMILES string of the molecule is NC1CCC(c2cc3cc(Cl)ccc3o2)C1. The number of halogens is 1. The summed E-state index contributed by atoms with van der Waals surface area (Å²) in [6.45, 7) is 0. The highest BCUT2D eigenvalue weighted by Crippen LogP contribution is 2.36. The van der Waals surface area contributed by atoms with Gasteiger partial charge in [-0.1, -0.05) is 11.6 Å². The maximum atomic E-state index is 5.95. The highest BCUT2D eigenvalue weighted by Gasteiger charge is 2.25. The molecule has 1 heterocycles. The van der Waals surface area contributed by atoms with Crippen molar-refractivity contribution in [1.29, 1.82) is 0 Å². The van der Waals surface area contributed by atoms with Crippen LogP contribution in [0.5, 0.6) is 0 Å². The van der Waals surface area contributed by atoms with Gasteiger partial charge in [-0.05, 0) is 43.5 Å². The van der Waals surface area contributed by atoms with Crippen molar-refractivity contribution in [2.75, 3.05) is 0 Å². The Kier molecular flexibility index (Phi) is 2.41. The van der Waals surface area contributed by atoms with E-state index in [1.807, 2.05) is 18.2 Å². The van der Waals surface area contributed by atoms with E-state index < -0.39 is 0 Å². The Bertz CT molecular complexity index is 520. The number of fused-ring (bicyclic) bond motifs is 1. The maximum Gasteiger partial charge on any atom is 0.134 e. The van der Waals surface area contributed by atoms with E-state index >= 15 is 0 Å². The van der Waals surface area contributed by atoms with Crippen molar-refractivity contribution in [3.63, 3.8) is 0 Å². The van der Waals surface area contributed by atoms with Gasteiger partial charge in [-0.2, -0.15) is 0 Å². The molecule has 2 aromatic rings. The van der Waals surface area contributed by atoms with E-state index in [9.17, 15) is 0 Å². The molecule has 2 N–H and O–H groups in total. The van der Waals surface area contributed by atoms with Gasteiger partial charge < -0.3 is 10.2 Å². The fourth-order valence-corrected chi connectivity index (χ4v) is 2.69. The molecule has 0 saturated heterocycles. The van der Waals surface area contributed by atoms with Crippen LogP contribution in [-0.2, 0) is 0 Å². The van der Waals surface area contributed by atoms with Gasteiger partial charge in [-0.15, -0.1) is 0 Å². The Morgan fingerprint density at radius 2 is 2.12 bits per heavy atom. The summed E-state index contributed by atoms with van der Waals surface area (Å²) in [5.74, 6) is 1.55. The molecule has 0 spiro atoms. The number of hydrogen-bond donors (Lipinski definition) is 1. The largest absolute Gasteiger partial charge is 0.461 e. The maximum absolute atomic E-state index is 5.95. The Morgan fingerprint density at radius 3 is 2.88 bits per heavy atom. The number of hydrogen-bond acceptors (Lipinski definition) is 2. The normalized spacial score (nSPS) is 25.4. The Labute approximate surface area is 99.4 Å². The lowest BCUT2D eigenvalue weighted by Gasteiger charge is -2.04. The summed E-state index contributed by atoms with van der Waals surface area (Å²) in [7, 11) is 0. The van der Waals surface area contributed by atoms with Gasteiger partial charge >= 0.3 is 0 Å². The standard InChI is InChI=1S/C13H14ClNO/c14-10-2-4-12-9(5-10)7-13(16-12)8-1-3-11(15)6-8/h2,4-5,7-8,11H,1,3,6,15H2. The van der Waals surface area contributed by atoms with E-state index in [2.05, 4.69) is 6.07 Å². The van der Waals surface area contributed by atoms with Crippen LogP contribution in [0.15, 0.2) is 28.7 Å². The molecule has 1 aliphatic carbocycles. The molecule has 84 valence electrons. The average molecular weight is 236 g/mol. The second kappa shape index (κ2) is 3.79. The molecule has 0 radical (unpaired) electrons. The Morgan fingerprint density at radius 1 is 1.25 bits per heavy atom. The highest BCUT2D eigenvalue weighted by atomic mass is 35.5. The van der Waals surface area contributed by atoms with Gasteiger partial charge in [0, 0.05) is 22.4 Å². The third kappa shape index (κ3) is 1.72. The summed E-state index contributed by atoms with van der Waals surface area (Å²) >= 11 is 5.95. The van der Waals surface area contributed by atoms with Crippen molar-refractivity contribution in [2.45, 2.75) is 31.2 Å². The van der Waals surface area contributed by atoms with Gasteiger partial charge in [-0.3, -0.25) is 0 Å². The van der Waals surface area contributed by atoms with Crippen LogP contribution in [-0.4, -0.2) is 6.04 Å². The third-order valence-corrected chi connectivity index (χ3v) is 3.61. The monoisotopic (exact) mass is 235 g/mol. The molecule has 3 heteroatoms. The van der Waals surface area contributed by atoms with Crippen LogP contribution in [0.3, 0.4) is 0 Å². The zero-order valence-electron chi connectivity index (χ0n) is 8.95. The van der Waals surface area contributed by atoms with E-state index in [1.165, 1.54) is 0 Å². The van der Waals surface area contributed by atoms with Gasteiger partial charge in [0.15, 0.2) is 0 Å². The van der Waals surface area contributed by atoms with Crippen LogP contribution >= 0.6 is 11.6 Å². The number of rotatable bonds is 1. The molecule has 0 amide bonds. The quantitative estimate of drug-likeness (QED) is 0.819. The molecule has 16 heavy (non-hydrogen) atoms. The van der Waals surface area contributed by atoms with E-state index in [0.29, 0.717) is 12.0 Å². The van der Waals surface area contributed by atoms with Gasteiger partial charge in [0.25, 0.3) is 0 Å². The molecule has 0 bridgehead atoms. The lowest BCUT2D eigenvalue weighted by Crippen LogP contribution is -2.14. The van der Waals surface area contributed by atoms with Crippen molar-refractivity contribution in [3.8, 4) is 0 Å². The van der Waals surface area contributed by atoms with Crippen LogP contribution in [0.25, 0.3) is 11.0 Å². The van der Waals surface area contributed by atoms with Gasteiger partial charge in [0.2, 0.25) is 0 Å². The summed E-state index contributed by atoms with van der Waals surface area (Å²) < 4.78 is 5.84. The second-order valence-corrected chi connectivity index (χ2v) is 5.04. The van der Waals surface area contributed by atoms with Crippen LogP contribution in [0.2, 0.25) is 5.02 Å². The van der Waals surface area contributed by atoms with Gasteiger partial charge in [-0.25, -0.2) is 0 Å². The average Bonchev–Trinajstić information content (AvgIpc) is 2.83. The highest BCUT2D eigenvalue weighted by molar-refractivity contribution is 6.31.